The number of nitrogens with two attached hydrogens (primary N) is 1. The molecule has 2 heteroatoms. The molecular weight excluding hydrogens is 208 g/mol. The Kier molecular flexibility index (Phi) is 3.10. The van der Waals surface area contributed by atoms with Crippen LogP contribution in [0.2, 0.25) is 0 Å². The summed E-state index contributed by atoms with van der Waals surface area (Å²) >= 11 is 0. The molecule has 0 heterocycles. The number of hydrogen-bond acceptors (Lipinski definition) is 2. The molecule has 0 aliphatic heterocycles. The van der Waals surface area contributed by atoms with Crippen molar-refractivity contribution in [3.8, 4) is 17.9 Å². The van der Waals surface area contributed by atoms with Gasteiger partial charge in [0.25, 0.3) is 0 Å². The highest BCUT2D eigenvalue weighted by Gasteiger charge is 1.97. The first kappa shape index (κ1) is 10.8. The minimum atomic E-state index is 0.463. The van der Waals surface area contributed by atoms with Gasteiger partial charge in [-0.3, -0.25) is 0 Å². The SMILES string of the molecule is N#Cc1cc(C#Cc2ccccc2)ccc1N. The smallest absolute Gasteiger partial charge is 0.101 e. The monoisotopic (exact) mass is 218 g/mol. The molecule has 0 aliphatic carbocycles. The topological polar surface area (TPSA) is 49.8 Å². The van der Waals surface area contributed by atoms with E-state index in [2.05, 4.69) is 11.8 Å². The normalized spacial score (nSPS) is 8.88. The van der Waals surface area contributed by atoms with Crippen LogP contribution in [0.25, 0.3) is 0 Å². The van der Waals surface area contributed by atoms with Crippen LogP contribution in [0.15, 0.2) is 48.5 Å². The Balaban J connectivity index is 2.32. The summed E-state index contributed by atoms with van der Waals surface area (Å²) in [5.41, 5.74) is 8.32. The summed E-state index contributed by atoms with van der Waals surface area (Å²) in [5.74, 6) is 6.04. The van der Waals surface area contributed by atoms with Gasteiger partial charge < -0.3 is 5.73 Å². The van der Waals surface area contributed by atoms with Crippen molar-refractivity contribution in [2.24, 2.45) is 0 Å². The fourth-order valence-corrected chi connectivity index (χ4v) is 1.40. The van der Waals surface area contributed by atoms with E-state index in [1.54, 1.807) is 12.1 Å². The zero-order valence-corrected chi connectivity index (χ0v) is 9.14. The van der Waals surface area contributed by atoms with Crippen molar-refractivity contribution in [3.63, 3.8) is 0 Å². The second kappa shape index (κ2) is 4.88. The van der Waals surface area contributed by atoms with Gasteiger partial charge in [-0.25, -0.2) is 0 Å². The van der Waals surface area contributed by atoms with E-state index >= 15 is 0 Å². The first-order valence-electron chi connectivity index (χ1n) is 5.16. The zero-order valence-electron chi connectivity index (χ0n) is 9.14. The second-order valence-electron chi connectivity index (χ2n) is 3.53. The van der Waals surface area contributed by atoms with Gasteiger partial charge in [0.05, 0.1) is 5.56 Å². The molecule has 0 saturated heterocycles. The van der Waals surface area contributed by atoms with E-state index in [-0.39, 0.29) is 0 Å². The number of nitrogens with zero attached hydrogens (tertiary/aromatic N) is 1. The lowest BCUT2D eigenvalue weighted by molar-refractivity contribution is 1.47. The van der Waals surface area contributed by atoms with Crippen LogP contribution in [0.4, 0.5) is 5.69 Å². The highest BCUT2D eigenvalue weighted by molar-refractivity contribution is 5.58. The summed E-state index contributed by atoms with van der Waals surface area (Å²) in [5, 5.41) is 8.85. The minimum absolute atomic E-state index is 0.463. The predicted octanol–water partition coefficient (Wildman–Crippen LogP) is 2.54. The Bertz CT molecular complexity index is 625. The van der Waals surface area contributed by atoms with E-state index in [9.17, 15) is 0 Å². The van der Waals surface area contributed by atoms with Gasteiger partial charge in [0.1, 0.15) is 6.07 Å². The number of benzene rings is 2. The Labute approximate surface area is 100 Å². The molecule has 0 aromatic heterocycles. The average molecular weight is 218 g/mol. The molecule has 0 unspecified atom stereocenters. The molecule has 2 aromatic rings. The molecule has 17 heavy (non-hydrogen) atoms. The molecule has 2 N–H and O–H groups in total. The van der Waals surface area contributed by atoms with Crippen molar-refractivity contribution in [2.45, 2.75) is 0 Å². The van der Waals surface area contributed by atoms with Crippen LogP contribution in [0.1, 0.15) is 16.7 Å². The second-order valence-corrected chi connectivity index (χ2v) is 3.53. The molecule has 2 nitrogen and oxygen atoms in total. The lowest BCUT2D eigenvalue weighted by atomic mass is 10.1. The van der Waals surface area contributed by atoms with Gasteiger partial charge in [-0.1, -0.05) is 30.0 Å². The van der Waals surface area contributed by atoms with Gasteiger partial charge in [-0.05, 0) is 30.3 Å². The third kappa shape index (κ3) is 2.65. The molecule has 80 valence electrons. The number of hydrogen-bond donors (Lipinski definition) is 1. The maximum atomic E-state index is 8.85. The standard InChI is InChI=1S/C15H10N2/c16-11-14-10-13(8-9-15(14)17)7-6-12-4-2-1-3-5-12/h1-5,8-10H,17H2. The number of anilines is 1. The number of nitrogen functional groups attached to an aromatic ring is 1. The van der Waals surface area contributed by atoms with E-state index in [0.717, 1.165) is 11.1 Å². The number of nitriles is 1. The van der Waals surface area contributed by atoms with Crippen LogP contribution in [0.5, 0.6) is 0 Å². The lowest BCUT2D eigenvalue weighted by Gasteiger charge is -1.96. The Hall–Kier alpha value is -2.71. The van der Waals surface area contributed by atoms with Gasteiger partial charge in [0.15, 0.2) is 0 Å². The van der Waals surface area contributed by atoms with E-state index in [0.29, 0.717) is 11.3 Å². The zero-order chi connectivity index (χ0) is 12.1. The summed E-state index contributed by atoms with van der Waals surface area (Å²) in [4.78, 5) is 0. The molecular formula is C15H10N2. The van der Waals surface area contributed by atoms with Crippen LogP contribution < -0.4 is 5.73 Å². The van der Waals surface area contributed by atoms with Crippen LogP contribution in [-0.2, 0) is 0 Å². The van der Waals surface area contributed by atoms with Crippen molar-refractivity contribution in [2.75, 3.05) is 5.73 Å². The molecule has 0 aliphatic rings. The van der Waals surface area contributed by atoms with Crippen molar-refractivity contribution < 1.29 is 0 Å². The Morgan fingerprint density at radius 2 is 1.59 bits per heavy atom. The van der Waals surface area contributed by atoms with Crippen molar-refractivity contribution >= 4 is 5.69 Å². The van der Waals surface area contributed by atoms with Crippen LogP contribution in [-0.4, -0.2) is 0 Å². The average Bonchev–Trinajstić information content (AvgIpc) is 2.39. The minimum Gasteiger partial charge on any atom is -0.398 e. The molecule has 2 rings (SSSR count). The largest absolute Gasteiger partial charge is 0.398 e. The summed E-state index contributed by atoms with van der Waals surface area (Å²) in [6, 6.07) is 17.0. The lowest BCUT2D eigenvalue weighted by Crippen LogP contribution is -1.90. The highest BCUT2D eigenvalue weighted by atomic mass is 14.6. The van der Waals surface area contributed by atoms with Gasteiger partial charge in [-0.15, -0.1) is 0 Å². The first-order chi connectivity index (χ1) is 8.29. The molecule has 2 aromatic carbocycles. The Morgan fingerprint density at radius 1 is 0.882 bits per heavy atom. The van der Waals surface area contributed by atoms with Crippen LogP contribution in [0, 0.1) is 23.2 Å². The van der Waals surface area contributed by atoms with Crippen molar-refractivity contribution in [1.29, 1.82) is 5.26 Å². The molecule has 0 bridgehead atoms. The summed E-state index contributed by atoms with van der Waals surface area (Å²) < 4.78 is 0. The summed E-state index contributed by atoms with van der Waals surface area (Å²) in [6.45, 7) is 0. The van der Waals surface area contributed by atoms with Crippen LogP contribution in [0.3, 0.4) is 0 Å². The molecule has 0 radical (unpaired) electrons. The van der Waals surface area contributed by atoms with Gasteiger partial charge in [0, 0.05) is 16.8 Å². The van der Waals surface area contributed by atoms with E-state index in [1.807, 2.05) is 42.5 Å². The summed E-state index contributed by atoms with van der Waals surface area (Å²) in [6.07, 6.45) is 0. The summed E-state index contributed by atoms with van der Waals surface area (Å²) in [7, 11) is 0. The fraction of sp³-hybridized carbons (Fsp3) is 0. The molecule has 0 fully saturated rings. The van der Waals surface area contributed by atoms with Crippen molar-refractivity contribution in [1.82, 2.24) is 0 Å². The Morgan fingerprint density at radius 3 is 2.29 bits per heavy atom. The van der Waals surface area contributed by atoms with Crippen molar-refractivity contribution in [3.05, 3.63) is 65.2 Å². The maximum Gasteiger partial charge on any atom is 0.101 e. The van der Waals surface area contributed by atoms with Gasteiger partial charge >= 0.3 is 0 Å². The van der Waals surface area contributed by atoms with E-state index < -0.39 is 0 Å². The fourth-order valence-electron chi connectivity index (χ4n) is 1.40. The van der Waals surface area contributed by atoms with E-state index in [4.69, 9.17) is 11.0 Å². The maximum absolute atomic E-state index is 8.85. The third-order valence-electron chi connectivity index (χ3n) is 2.30. The van der Waals surface area contributed by atoms with Crippen LogP contribution >= 0.6 is 0 Å². The van der Waals surface area contributed by atoms with Gasteiger partial charge in [0.2, 0.25) is 0 Å². The molecule has 0 spiro atoms. The highest BCUT2D eigenvalue weighted by Crippen LogP contribution is 2.12. The first-order valence-corrected chi connectivity index (χ1v) is 5.16. The quantitative estimate of drug-likeness (QED) is 0.545. The predicted molar refractivity (Wildman–Crippen MR) is 68.0 cm³/mol. The van der Waals surface area contributed by atoms with E-state index in [1.165, 1.54) is 0 Å². The number of rotatable bonds is 0. The molecule has 0 amide bonds. The van der Waals surface area contributed by atoms with Gasteiger partial charge in [-0.2, -0.15) is 5.26 Å². The molecule has 0 saturated carbocycles. The molecule has 0 atom stereocenters. The third-order valence-corrected chi connectivity index (χ3v) is 2.30.